The molecule has 0 bridgehead atoms. The molecule has 1 aliphatic rings. The van der Waals surface area contributed by atoms with Gasteiger partial charge in [0.15, 0.2) is 0 Å². The molecule has 1 aromatic carbocycles. The largest absolute Gasteiger partial charge is 0.416 e. The SMILES string of the molecule is C=C(/C=C/c1cccc(C(F)(F)F)c1)NCC1=CCC=C(C)C=C1.CC. The van der Waals surface area contributed by atoms with Gasteiger partial charge in [0.05, 0.1) is 5.56 Å². The normalized spacial score (nSPS) is 14.1. The van der Waals surface area contributed by atoms with Gasteiger partial charge in [0.1, 0.15) is 0 Å². The number of allylic oxidation sites excluding steroid dienone is 5. The fraction of sp³-hybridized carbons (Fsp3) is 0.273. The second-order valence-corrected chi connectivity index (χ2v) is 5.63. The number of rotatable bonds is 5. The highest BCUT2D eigenvalue weighted by Crippen LogP contribution is 2.29. The van der Waals surface area contributed by atoms with E-state index < -0.39 is 11.7 Å². The second-order valence-electron chi connectivity index (χ2n) is 5.63. The number of hydrogen-bond acceptors (Lipinski definition) is 1. The quantitative estimate of drug-likeness (QED) is 0.577. The molecule has 140 valence electrons. The van der Waals surface area contributed by atoms with Crippen LogP contribution in [0.2, 0.25) is 0 Å². The van der Waals surface area contributed by atoms with E-state index in [0.29, 0.717) is 17.8 Å². The first-order valence-electron chi connectivity index (χ1n) is 8.66. The average Bonchev–Trinajstić information content (AvgIpc) is 2.84. The third-order valence-electron chi connectivity index (χ3n) is 3.59. The van der Waals surface area contributed by atoms with Crippen molar-refractivity contribution in [3.8, 4) is 0 Å². The lowest BCUT2D eigenvalue weighted by atomic mass is 10.1. The van der Waals surface area contributed by atoms with Crippen molar-refractivity contribution in [2.24, 2.45) is 0 Å². The molecule has 0 aromatic heterocycles. The predicted octanol–water partition coefficient (Wildman–Crippen LogP) is 6.68. The number of benzene rings is 1. The van der Waals surface area contributed by atoms with Crippen molar-refractivity contribution < 1.29 is 13.2 Å². The number of nitrogens with one attached hydrogen (secondary N) is 1. The third kappa shape index (κ3) is 7.60. The first kappa shape index (κ1) is 21.6. The van der Waals surface area contributed by atoms with Crippen molar-refractivity contribution in [3.63, 3.8) is 0 Å². The van der Waals surface area contributed by atoms with Crippen LogP contribution in [0.4, 0.5) is 13.2 Å². The summed E-state index contributed by atoms with van der Waals surface area (Å²) in [4.78, 5) is 0. The van der Waals surface area contributed by atoms with E-state index in [2.05, 4.69) is 43.1 Å². The first-order chi connectivity index (χ1) is 12.3. The van der Waals surface area contributed by atoms with Crippen molar-refractivity contribution in [2.75, 3.05) is 6.54 Å². The molecule has 0 heterocycles. The molecule has 0 radical (unpaired) electrons. The Kier molecular flexibility index (Phi) is 8.70. The number of alkyl halides is 3. The van der Waals surface area contributed by atoms with Gasteiger partial charge < -0.3 is 5.32 Å². The fourth-order valence-electron chi connectivity index (χ4n) is 2.19. The minimum Gasteiger partial charge on any atom is -0.381 e. The molecular formula is C22H26F3N. The van der Waals surface area contributed by atoms with E-state index in [1.807, 2.05) is 13.8 Å². The summed E-state index contributed by atoms with van der Waals surface area (Å²) < 4.78 is 38.0. The average molecular weight is 361 g/mol. The minimum atomic E-state index is -4.33. The topological polar surface area (TPSA) is 12.0 Å². The molecule has 0 aliphatic heterocycles. The third-order valence-corrected chi connectivity index (χ3v) is 3.59. The van der Waals surface area contributed by atoms with E-state index in [-0.39, 0.29) is 0 Å². The summed E-state index contributed by atoms with van der Waals surface area (Å²) in [6.45, 7) is 10.6. The highest BCUT2D eigenvalue weighted by molar-refractivity contribution is 5.53. The smallest absolute Gasteiger partial charge is 0.381 e. The van der Waals surface area contributed by atoms with Crippen molar-refractivity contribution in [3.05, 3.63) is 89.2 Å². The maximum absolute atomic E-state index is 12.7. The zero-order valence-electron chi connectivity index (χ0n) is 15.5. The summed E-state index contributed by atoms with van der Waals surface area (Å²) >= 11 is 0. The van der Waals surface area contributed by atoms with Crippen molar-refractivity contribution in [1.29, 1.82) is 0 Å². The Morgan fingerprint density at radius 2 is 1.92 bits per heavy atom. The lowest BCUT2D eigenvalue weighted by Crippen LogP contribution is -2.13. The van der Waals surface area contributed by atoms with Gasteiger partial charge in [-0.1, -0.05) is 68.5 Å². The molecule has 0 unspecified atom stereocenters. The Morgan fingerprint density at radius 3 is 2.62 bits per heavy atom. The van der Waals surface area contributed by atoms with Crippen molar-refractivity contribution in [2.45, 2.75) is 33.4 Å². The van der Waals surface area contributed by atoms with E-state index >= 15 is 0 Å². The molecule has 0 atom stereocenters. The lowest BCUT2D eigenvalue weighted by molar-refractivity contribution is -0.137. The number of hydrogen-bond donors (Lipinski definition) is 1. The zero-order valence-corrected chi connectivity index (χ0v) is 15.5. The Hall–Kier alpha value is -2.49. The molecule has 26 heavy (non-hydrogen) atoms. The Labute approximate surface area is 154 Å². The fourth-order valence-corrected chi connectivity index (χ4v) is 2.19. The van der Waals surface area contributed by atoms with Crippen LogP contribution in [0, 0.1) is 0 Å². The Bertz CT molecular complexity index is 719. The summed E-state index contributed by atoms with van der Waals surface area (Å²) in [6.07, 6.45) is 8.24. The van der Waals surface area contributed by atoms with Gasteiger partial charge in [-0.15, -0.1) is 0 Å². The van der Waals surface area contributed by atoms with Gasteiger partial charge in [0.25, 0.3) is 0 Å². The highest BCUT2D eigenvalue weighted by Gasteiger charge is 2.30. The monoisotopic (exact) mass is 361 g/mol. The summed E-state index contributed by atoms with van der Waals surface area (Å²) in [7, 11) is 0. The molecule has 4 heteroatoms. The van der Waals surface area contributed by atoms with E-state index in [4.69, 9.17) is 0 Å². The molecule has 1 N–H and O–H groups in total. The summed E-state index contributed by atoms with van der Waals surface area (Å²) in [5.74, 6) is 0. The molecule has 1 aromatic rings. The van der Waals surface area contributed by atoms with Crippen LogP contribution in [0.5, 0.6) is 0 Å². The van der Waals surface area contributed by atoms with Crippen LogP contribution in [0.3, 0.4) is 0 Å². The lowest BCUT2D eigenvalue weighted by Gasteiger charge is -2.08. The second kappa shape index (κ2) is 10.5. The zero-order chi connectivity index (χ0) is 19.6. The molecule has 0 saturated carbocycles. The van der Waals surface area contributed by atoms with Crippen LogP contribution < -0.4 is 5.32 Å². The van der Waals surface area contributed by atoms with Gasteiger partial charge in [-0.3, -0.25) is 0 Å². The minimum absolute atomic E-state index is 0.487. The molecular weight excluding hydrogens is 335 g/mol. The van der Waals surface area contributed by atoms with E-state index in [9.17, 15) is 13.2 Å². The summed E-state index contributed by atoms with van der Waals surface area (Å²) in [5, 5.41) is 3.16. The van der Waals surface area contributed by atoms with Gasteiger partial charge in [0, 0.05) is 12.2 Å². The Morgan fingerprint density at radius 1 is 1.19 bits per heavy atom. The van der Waals surface area contributed by atoms with Gasteiger partial charge in [-0.2, -0.15) is 13.2 Å². The van der Waals surface area contributed by atoms with Gasteiger partial charge in [0.2, 0.25) is 0 Å². The van der Waals surface area contributed by atoms with E-state index in [1.165, 1.54) is 11.6 Å². The maximum atomic E-state index is 12.7. The van der Waals surface area contributed by atoms with Crippen LogP contribution in [-0.4, -0.2) is 6.54 Å². The van der Waals surface area contributed by atoms with Crippen LogP contribution in [0.1, 0.15) is 38.3 Å². The van der Waals surface area contributed by atoms with Gasteiger partial charge in [-0.05, 0) is 42.7 Å². The van der Waals surface area contributed by atoms with Crippen LogP contribution >= 0.6 is 0 Å². The molecule has 1 aliphatic carbocycles. The molecule has 0 spiro atoms. The van der Waals surface area contributed by atoms with Crippen molar-refractivity contribution >= 4 is 6.08 Å². The summed E-state index contributed by atoms with van der Waals surface area (Å²) in [6, 6.07) is 5.21. The highest BCUT2D eigenvalue weighted by atomic mass is 19.4. The van der Waals surface area contributed by atoms with Crippen LogP contribution in [-0.2, 0) is 6.18 Å². The van der Waals surface area contributed by atoms with Gasteiger partial charge >= 0.3 is 6.18 Å². The standard InChI is InChI=1S/C20H20F3N.C2H6/c1-15-5-3-7-18(11-9-15)14-24-16(2)10-12-17-6-4-8-19(13-17)20(21,22)23;1-2/h4-13,24H,2-3,14H2,1H3;1-2H3/b12-10+;. The van der Waals surface area contributed by atoms with Crippen LogP contribution in [0.15, 0.2) is 78.1 Å². The molecule has 0 saturated heterocycles. The predicted molar refractivity (Wildman–Crippen MR) is 105 cm³/mol. The number of halogens is 3. The van der Waals surface area contributed by atoms with E-state index in [0.717, 1.165) is 24.1 Å². The summed E-state index contributed by atoms with van der Waals surface area (Å²) in [5.41, 5.74) is 2.86. The molecule has 0 amide bonds. The molecule has 1 nitrogen and oxygen atoms in total. The molecule has 2 rings (SSSR count). The van der Waals surface area contributed by atoms with Gasteiger partial charge in [-0.25, -0.2) is 0 Å². The maximum Gasteiger partial charge on any atom is 0.416 e. The Balaban J connectivity index is 0.00000163. The first-order valence-corrected chi connectivity index (χ1v) is 8.66. The van der Waals surface area contributed by atoms with Crippen molar-refractivity contribution in [1.82, 2.24) is 5.32 Å². The van der Waals surface area contributed by atoms with E-state index in [1.54, 1.807) is 18.2 Å². The molecule has 0 fully saturated rings. The van der Waals surface area contributed by atoms with Crippen LogP contribution in [0.25, 0.3) is 6.08 Å².